The van der Waals surface area contributed by atoms with Crippen molar-refractivity contribution in [2.75, 3.05) is 0 Å². The molecular weight excluding hydrogens is 252 g/mol. The summed E-state index contributed by atoms with van der Waals surface area (Å²) in [7, 11) is 0. The van der Waals surface area contributed by atoms with E-state index >= 15 is 0 Å². The molecule has 0 saturated carbocycles. The standard InChI is InChI=1S/C17H28O3/c1-11(2)17-15(19)9-12(3)7-6-8-13(4)10-16(17)20-14(5)18/h8-9,11,15-17,19H,6-7,10H2,1-5H3/b12-9+,13-8+/t15-,16-,17-/m0/s1. The van der Waals surface area contributed by atoms with Gasteiger partial charge in [-0.3, -0.25) is 4.79 Å². The summed E-state index contributed by atoms with van der Waals surface area (Å²) in [6.07, 6.45) is 5.95. The number of aliphatic hydroxyl groups is 1. The lowest BCUT2D eigenvalue weighted by Crippen LogP contribution is -2.38. The minimum absolute atomic E-state index is 0.0738. The summed E-state index contributed by atoms with van der Waals surface area (Å²) in [4.78, 5) is 11.4. The Morgan fingerprint density at radius 2 is 2.00 bits per heavy atom. The molecule has 1 rings (SSSR count). The van der Waals surface area contributed by atoms with Gasteiger partial charge in [-0.1, -0.05) is 37.1 Å². The van der Waals surface area contributed by atoms with Gasteiger partial charge in [0.15, 0.2) is 0 Å². The first-order valence-electron chi connectivity index (χ1n) is 7.49. The smallest absolute Gasteiger partial charge is 0.302 e. The number of hydrogen-bond acceptors (Lipinski definition) is 3. The second-order valence-corrected chi connectivity index (χ2v) is 6.27. The zero-order valence-corrected chi connectivity index (χ0v) is 13.3. The number of rotatable bonds is 2. The predicted molar refractivity (Wildman–Crippen MR) is 81.3 cm³/mol. The molecular formula is C17H28O3. The number of allylic oxidation sites excluding steroid dienone is 2. The summed E-state index contributed by atoms with van der Waals surface area (Å²) in [5, 5.41) is 10.5. The molecule has 20 heavy (non-hydrogen) atoms. The van der Waals surface area contributed by atoms with E-state index in [1.807, 2.05) is 13.0 Å². The van der Waals surface area contributed by atoms with Crippen molar-refractivity contribution in [1.29, 1.82) is 0 Å². The summed E-state index contributed by atoms with van der Waals surface area (Å²) >= 11 is 0. The molecule has 0 spiro atoms. The molecule has 3 atom stereocenters. The monoisotopic (exact) mass is 280 g/mol. The van der Waals surface area contributed by atoms with E-state index in [9.17, 15) is 9.90 Å². The van der Waals surface area contributed by atoms with Crippen molar-refractivity contribution in [2.24, 2.45) is 11.8 Å². The van der Waals surface area contributed by atoms with Crippen LogP contribution in [-0.2, 0) is 9.53 Å². The largest absolute Gasteiger partial charge is 0.462 e. The van der Waals surface area contributed by atoms with Gasteiger partial charge >= 0.3 is 5.97 Å². The number of aliphatic hydroxyl groups excluding tert-OH is 1. The van der Waals surface area contributed by atoms with E-state index in [0.29, 0.717) is 6.42 Å². The quantitative estimate of drug-likeness (QED) is 0.620. The Kier molecular flexibility index (Phi) is 6.47. The van der Waals surface area contributed by atoms with Gasteiger partial charge in [-0.25, -0.2) is 0 Å². The van der Waals surface area contributed by atoms with Gasteiger partial charge in [-0.15, -0.1) is 0 Å². The Labute approximate surface area is 122 Å². The lowest BCUT2D eigenvalue weighted by molar-refractivity contribution is -0.152. The maximum Gasteiger partial charge on any atom is 0.302 e. The lowest BCUT2D eigenvalue weighted by Gasteiger charge is -2.33. The molecule has 0 aliphatic heterocycles. The molecule has 0 fully saturated rings. The third kappa shape index (κ3) is 5.12. The van der Waals surface area contributed by atoms with Gasteiger partial charge in [0.05, 0.1) is 6.10 Å². The van der Waals surface area contributed by atoms with Gasteiger partial charge in [0, 0.05) is 19.3 Å². The highest BCUT2D eigenvalue weighted by atomic mass is 16.5. The Bertz CT molecular complexity index is 393. The molecule has 1 aliphatic rings. The van der Waals surface area contributed by atoms with Crippen LogP contribution in [0.2, 0.25) is 0 Å². The molecule has 0 aromatic rings. The maximum absolute atomic E-state index is 11.4. The summed E-state index contributed by atoms with van der Waals surface area (Å²) < 4.78 is 5.50. The molecule has 0 saturated heterocycles. The van der Waals surface area contributed by atoms with Crippen LogP contribution in [0.25, 0.3) is 0 Å². The average molecular weight is 280 g/mol. The fraction of sp³-hybridized carbons (Fsp3) is 0.706. The molecule has 114 valence electrons. The van der Waals surface area contributed by atoms with E-state index in [1.54, 1.807) is 0 Å². The predicted octanol–water partition coefficient (Wildman–Crippen LogP) is 3.63. The van der Waals surface area contributed by atoms with Crippen LogP contribution in [0.5, 0.6) is 0 Å². The minimum Gasteiger partial charge on any atom is -0.462 e. The van der Waals surface area contributed by atoms with E-state index in [0.717, 1.165) is 12.8 Å². The van der Waals surface area contributed by atoms with Gasteiger partial charge in [0.1, 0.15) is 6.10 Å². The van der Waals surface area contributed by atoms with Crippen molar-refractivity contribution in [2.45, 2.75) is 66.1 Å². The van der Waals surface area contributed by atoms with Crippen molar-refractivity contribution < 1.29 is 14.6 Å². The van der Waals surface area contributed by atoms with Crippen LogP contribution in [0.1, 0.15) is 53.9 Å². The summed E-state index contributed by atoms with van der Waals surface area (Å²) in [5.74, 6) is -0.112. The third-order valence-corrected chi connectivity index (χ3v) is 3.92. The first-order valence-corrected chi connectivity index (χ1v) is 7.49. The molecule has 0 radical (unpaired) electrons. The fourth-order valence-corrected chi connectivity index (χ4v) is 2.95. The topological polar surface area (TPSA) is 46.5 Å². The Morgan fingerprint density at radius 3 is 2.55 bits per heavy atom. The zero-order chi connectivity index (χ0) is 15.3. The van der Waals surface area contributed by atoms with Crippen molar-refractivity contribution in [3.8, 4) is 0 Å². The molecule has 3 nitrogen and oxygen atoms in total. The van der Waals surface area contributed by atoms with Crippen LogP contribution < -0.4 is 0 Å². The summed E-state index contributed by atoms with van der Waals surface area (Å²) in [5.41, 5.74) is 2.42. The van der Waals surface area contributed by atoms with Crippen molar-refractivity contribution >= 4 is 5.97 Å². The van der Waals surface area contributed by atoms with E-state index in [1.165, 1.54) is 18.1 Å². The summed E-state index contributed by atoms with van der Waals surface area (Å²) in [6.45, 7) is 9.69. The molecule has 0 amide bonds. The first kappa shape index (κ1) is 17.0. The summed E-state index contributed by atoms with van der Waals surface area (Å²) in [6, 6.07) is 0. The first-order chi connectivity index (χ1) is 9.31. The fourth-order valence-electron chi connectivity index (χ4n) is 2.95. The molecule has 1 N–H and O–H groups in total. The highest BCUT2D eigenvalue weighted by Crippen LogP contribution is 2.29. The molecule has 0 aromatic carbocycles. The van der Waals surface area contributed by atoms with Gasteiger partial charge in [0.2, 0.25) is 0 Å². The highest BCUT2D eigenvalue weighted by Gasteiger charge is 2.32. The zero-order valence-electron chi connectivity index (χ0n) is 13.3. The van der Waals surface area contributed by atoms with E-state index in [4.69, 9.17) is 4.74 Å². The van der Waals surface area contributed by atoms with Crippen LogP contribution in [0.3, 0.4) is 0 Å². The van der Waals surface area contributed by atoms with Crippen molar-refractivity contribution in [3.05, 3.63) is 23.3 Å². The molecule has 0 heterocycles. The number of hydrogen-bond donors (Lipinski definition) is 1. The number of carbonyl (C=O) groups is 1. The van der Waals surface area contributed by atoms with Crippen LogP contribution in [0.4, 0.5) is 0 Å². The van der Waals surface area contributed by atoms with Crippen molar-refractivity contribution in [3.63, 3.8) is 0 Å². The molecule has 0 unspecified atom stereocenters. The van der Waals surface area contributed by atoms with Crippen LogP contribution in [-0.4, -0.2) is 23.3 Å². The van der Waals surface area contributed by atoms with Crippen molar-refractivity contribution in [1.82, 2.24) is 0 Å². The molecule has 1 aliphatic carbocycles. The Morgan fingerprint density at radius 1 is 1.35 bits per heavy atom. The van der Waals surface area contributed by atoms with E-state index in [2.05, 4.69) is 26.8 Å². The Hall–Kier alpha value is -1.09. The van der Waals surface area contributed by atoms with E-state index in [-0.39, 0.29) is 23.9 Å². The minimum atomic E-state index is -0.565. The average Bonchev–Trinajstić information content (AvgIpc) is 2.26. The second-order valence-electron chi connectivity index (χ2n) is 6.27. The van der Waals surface area contributed by atoms with Crippen LogP contribution >= 0.6 is 0 Å². The second kappa shape index (κ2) is 7.63. The maximum atomic E-state index is 11.4. The normalized spacial score (nSPS) is 33.9. The van der Waals surface area contributed by atoms with Gasteiger partial charge in [-0.05, 0) is 32.6 Å². The molecule has 0 bridgehead atoms. The van der Waals surface area contributed by atoms with Crippen LogP contribution in [0, 0.1) is 11.8 Å². The van der Waals surface area contributed by atoms with E-state index < -0.39 is 6.10 Å². The van der Waals surface area contributed by atoms with Crippen LogP contribution in [0.15, 0.2) is 23.3 Å². The van der Waals surface area contributed by atoms with Gasteiger partial charge < -0.3 is 9.84 Å². The number of ether oxygens (including phenoxy) is 1. The van der Waals surface area contributed by atoms with Gasteiger partial charge in [-0.2, -0.15) is 0 Å². The third-order valence-electron chi connectivity index (χ3n) is 3.92. The highest BCUT2D eigenvalue weighted by molar-refractivity contribution is 5.66. The molecule has 0 aromatic heterocycles. The molecule has 3 heteroatoms. The SMILES string of the molecule is CC(=O)O[C@H]1C/C(C)=C/CC/C(C)=C/[C@H](O)[C@@H]1C(C)C. The Balaban J connectivity index is 3.10. The van der Waals surface area contributed by atoms with Gasteiger partial charge in [0.25, 0.3) is 0 Å². The number of carbonyl (C=O) groups excluding carboxylic acids is 1. The number of esters is 1. The lowest BCUT2D eigenvalue weighted by atomic mass is 9.81.